The summed E-state index contributed by atoms with van der Waals surface area (Å²) in [6.45, 7) is 0. The van der Waals surface area contributed by atoms with Gasteiger partial charge in [-0.3, -0.25) is 10.1 Å². The van der Waals surface area contributed by atoms with Crippen molar-refractivity contribution in [2.75, 3.05) is 0 Å². The molecule has 7 heteroatoms. The van der Waals surface area contributed by atoms with E-state index in [1.54, 1.807) is 24.3 Å². The maximum Gasteiger partial charge on any atom is 0.312 e. The van der Waals surface area contributed by atoms with Crippen molar-refractivity contribution in [1.82, 2.24) is 0 Å². The normalized spacial score (nSPS) is 10.3. The third kappa shape index (κ3) is 3.50. The Morgan fingerprint density at radius 3 is 2.40 bits per heavy atom. The van der Waals surface area contributed by atoms with Gasteiger partial charge in [-0.15, -0.1) is 11.6 Å². The molecule has 2 rings (SSSR count). The minimum atomic E-state index is -0.488. The van der Waals surface area contributed by atoms with E-state index in [4.69, 9.17) is 16.3 Å². The van der Waals surface area contributed by atoms with Crippen LogP contribution in [0.3, 0.4) is 0 Å². The first kappa shape index (κ1) is 15.3. The second-order valence-electron chi connectivity index (χ2n) is 3.86. The van der Waals surface area contributed by atoms with Crippen LogP contribution < -0.4 is 4.74 Å². The van der Waals surface area contributed by atoms with Gasteiger partial charge in [0.1, 0.15) is 5.75 Å². The lowest BCUT2D eigenvalue weighted by Gasteiger charge is -2.10. The third-order valence-corrected chi connectivity index (χ3v) is 3.79. The molecule has 104 valence electrons. The number of hydrogen-bond acceptors (Lipinski definition) is 3. The molecule has 0 heterocycles. The molecule has 0 bridgehead atoms. The number of ether oxygens (including phenoxy) is 1. The second-order valence-corrected chi connectivity index (χ2v) is 5.96. The molecule has 4 nitrogen and oxygen atoms in total. The van der Waals surface area contributed by atoms with Crippen molar-refractivity contribution in [3.8, 4) is 11.5 Å². The third-order valence-electron chi connectivity index (χ3n) is 2.51. The lowest BCUT2D eigenvalue weighted by molar-refractivity contribution is -0.385. The molecule has 0 saturated heterocycles. The molecule has 0 radical (unpaired) electrons. The average molecular weight is 421 g/mol. The van der Waals surface area contributed by atoms with Gasteiger partial charge in [-0.2, -0.15) is 0 Å². The van der Waals surface area contributed by atoms with E-state index in [0.717, 1.165) is 10.0 Å². The first-order valence-corrected chi connectivity index (χ1v) is 7.59. The number of nitro groups is 1. The Labute approximate surface area is 137 Å². The molecule has 2 aromatic carbocycles. The van der Waals surface area contributed by atoms with E-state index in [2.05, 4.69) is 31.9 Å². The average Bonchev–Trinajstić information content (AvgIpc) is 2.41. The molecule has 0 aliphatic heterocycles. The molecule has 0 atom stereocenters. The van der Waals surface area contributed by atoms with Crippen LogP contribution in [0.25, 0.3) is 0 Å². The minimum absolute atomic E-state index is 0.111. The monoisotopic (exact) mass is 419 g/mol. The van der Waals surface area contributed by atoms with Gasteiger partial charge < -0.3 is 4.74 Å². The number of hydrogen-bond donors (Lipinski definition) is 0. The van der Waals surface area contributed by atoms with Crippen LogP contribution >= 0.6 is 43.5 Å². The number of nitrogens with zero attached hydrogens (tertiary/aromatic N) is 1. The van der Waals surface area contributed by atoms with Crippen LogP contribution in [0.2, 0.25) is 0 Å². The van der Waals surface area contributed by atoms with Crippen LogP contribution in [0, 0.1) is 10.1 Å². The highest BCUT2D eigenvalue weighted by molar-refractivity contribution is 9.10. The summed E-state index contributed by atoms with van der Waals surface area (Å²) in [6.07, 6.45) is 0. The maximum absolute atomic E-state index is 11.1. The van der Waals surface area contributed by atoms with Crippen LogP contribution in [-0.2, 0) is 5.88 Å². The standard InChI is InChI=1S/C13H8Br2ClNO3/c14-9-3-4-12(11(5-9)17(18)19)20-13-6-10(15)2-1-8(13)7-16/h1-6H,7H2. The van der Waals surface area contributed by atoms with Crippen LogP contribution in [0.4, 0.5) is 5.69 Å². The van der Waals surface area contributed by atoms with E-state index in [0.29, 0.717) is 10.2 Å². The molecular weight excluding hydrogens is 413 g/mol. The predicted molar refractivity (Wildman–Crippen MR) is 84.6 cm³/mol. The number of halogens is 3. The first-order valence-electron chi connectivity index (χ1n) is 5.47. The Bertz CT molecular complexity index is 664. The summed E-state index contributed by atoms with van der Waals surface area (Å²) in [5.74, 6) is 0.912. The Morgan fingerprint density at radius 1 is 1.10 bits per heavy atom. The maximum atomic E-state index is 11.1. The summed E-state index contributed by atoms with van der Waals surface area (Å²) in [4.78, 5) is 10.6. The van der Waals surface area contributed by atoms with Gasteiger partial charge in [0, 0.05) is 20.6 Å². The van der Waals surface area contributed by atoms with E-state index >= 15 is 0 Å². The largest absolute Gasteiger partial charge is 0.450 e. The zero-order chi connectivity index (χ0) is 14.7. The van der Waals surface area contributed by atoms with Gasteiger partial charge in [-0.25, -0.2) is 0 Å². The number of benzene rings is 2. The molecule has 0 aromatic heterocycles. The first-order chi connectivity index (χ1) is 9.51. The Hall–Kier alpha value is -1.11. The van der Waals surface area contributed by atoms with Crippen LogP contribution in [0.1, 0.15) is 5.56 Å². The fraction of sp³-hybridized carbons (Fsp3) is 0.0769. The molecule has 0 saturated carbocycles. The molecule has 0 aliphatic carbocycles. The predicted octanol–water partition coefficient (Wildman–Crippen LogP) is 5.65. The summed E-state index contributed by atoms with van der Waals surface area (Å²) < 4.78 is 7.07. The number of rotatable bonds is 4. The summed E-state index contributed by atoms with van der Waals surface area (Å²) in [5.41, 5.74) is 0.645. The van der Waals surface area contributed by atoms with E-state index in [1.165, 1.54) is 6.07 Å². The van der Waals surface area contributed by atoms with Crippen molar-refractivity contribution in [2.24, 2.45) is 0 Å². The number of alkyl halides is 1. The molecule has 0 aliphatic rings. The molecule has 0 fully saturated rings. The smallest absolute Gasteiger partial charge is 0.312 e. The van der Waals surface area contributed by atoms with E-state index < -0.39 is 4.92 Å². The van der Waals surface area contributed by atoms with Gasteiger partial charge >= 0.3 is 5.69 Å². The molecule has 2 aromatic rings. The van der Waals surface area contributed by atoms with Gasteiger partial charge in [-0.1, -0.05) is 37.9 Å². The zero-order valence-corrected chi connectivity index (χ0v) is 13.9. The Balaban J connectivity index is 2.44. The van der Waals surface area contributed by atoms with Crippen LogP contribution in [0.15, 0.2) is 45.3 Å². The van der Waals surface area contributed by atoms with E-state index in [9.17, 15) is 10.1 Å². The van der Waals surface area contributed by atoms with Crippen molar-refractivity contribution < 1.29 is 9.66 Å². The summed E-state index contributed by atoms with van der Waals surface area (Å²) in [7, 11) is 0. The molecule has 0 spiro atoms. The van der Waals surface area contributed by atoms with Gasteiger partial charge in [0.15, 0.2) is 0 Å². The second kappa shape index (κ2) is 6.56. The lowest BCUT2D eigenvalue weighted by Crippen LogP contribution is -1.95. The van der Waals surface area contributed by atoms with Crippen molar-refractivity contribution >= 4 is 49.1 Å². The van der Waals surface area contributed by atoms with Crippen molar-refractivity contribution in [1.29, 1.82) is 0 Å². The Morgan fingerprint density at radius 2 is 1.75 bits per heavy atom. The quantitative estimate of drug-likeness (QED) is 0.364. The van der Waals surface area contributed by atoms with Crippen molar-refractivity contribution in [2.45, 2.75) is 5.88 Å². The summed E-state index contributed by atoms with van der Waals surface area (Å²) in [5, 5.41) is 11.1. The molecule has 0 unspecified atom stereocenters. The molecule has 0 amide bonds. The number of nitro benzene ring substituents is 1. The topological polar surface area (TPSA) is 52.4 Å². The highest BCUT2D eigenvalue weighted by atomic mass is 79.9. The van der Waals surface area contributed by atoms with E-state index in [1.807, 2.05) is 6.07 Å². The fourth-order valence-electron chi connectivity index (χ4n) is 1.57. The summed E-state index contributed by atoms with van der Waals surface area (Å²) >= 11 is 12.4. The highest BCUT2D eigenvalue weighted by Gasteiger charge is 2.17. The van der Waals surface area contributed by atoms with Gasteiger partial charge in [0.2, 0.25) is 5.75 Å². The van der Waals surface area contributed by atoms with Gasteiger partial charge in [-0.05, 0) is 24.3 Å². The summed E-state index contributed by atoms with van der Waals surface area (Å²) in [6, 6.07) is 9.98. The molecular formula is C13H8Br2ClNO3. The highest BCUT2D eigenvalue weighted by Crippen LogP contribution is 2.36. The van der Waals surface area contributed by atoms with Crippen LogP contribution in [-0.4, -0.2) is 4.92 Å². The minimum Gasteiger partial charge on any atom is -0.450 e. The lowest BCUT2D eigenvalue weighted by atomic mass is 10.2. The molecule has 20 heavy (non-hydrogen) atoms. The Kier molecular flexibility index (Phi) is 5.01. The fourth-order valence-corrected chi connectivity index (χ4v) is 2.48. The molecule has 0 N–H and O–H groups in total. The van der Waals surface area contributed by atoms with Crippen molar-refractivity contribution in [3.63, 3.8) is 0 Å². The van der Waals surface area contributed by atoms with E-state index in [-0.39, 0.29) is 17.3 Å². The SMILES string of the molecule is O=[N+]([O-])c1cc(Br)ccc1Oc1cc(Br)ccc1CCl. The van der Waals surface area contributed by atoms with Gasteiger partial charge in [0.05, 0.1) is 10.8 Å². The van der Waals surface area contributed by atoms with Crippen LogP contribution in [0.5, 0.6) is 11.5 Å². The van der Waals surface area contributed by atoms with Crippen molar-refractivity contribution in [3.05, 3.63) is 61.0 Å². The zero-order valence-electron chi connectivity index (χ0n) is 9.98. The van der Waals surface area contributed by atoms with Gasteiger partial charge in [0.25, 0.3) is 0 Å².